The Morgan fingerprint density at radius 3 is 2.73 bits per heavy atom. The van der Waals surface area contributed by atoms with Crippen LogP contribution in [0.25, 0.3) is 21.5 Å². The van der Waals surface area contributed by atoms with Crippen LogP contribution >= 0.6 is 22.9 Å². The third kappa shape index (κ3) is 3.48. The van der Waals surface area contributed by atoms with E-state index in [-0.39, 0.29) is 11.8 Å². The predicted molar refractivity (Wildman–Crippen MR) is 144 cm³/mol. The molecule has 5 heterocycles. The molecule has 9 heteroatoms. The molecule has 5 aliphatic rings. The summed E-state index contributed by atoms with van der Waals surface area (Å²) in [6.07, 6.45) is 8.57. The number of carbonyl (C=O) groups excluding carboxylic acids is 2. The first kappa shape index (κ1) is 22.4. The quantitative estimate of drug-likeness (QED) is 0.482. The second kappa shape index (κ2) is 7.98. The topological polar surface area (TPSA) is 78.4 Å². The molecule has 7 nitrogen and oxygen atoms in total. The van der Waals surface area contributed by atoms with E-state index in [0.717, 1.165) is 44.5 Å². The standard InChI is InChI=1S/C28H28ClN5O2S/c29-16-7-20-19-6-15(19)12-33(17-10-28(32-11-17)4-1-5-28)26(20)21(8-16)25-27-22(30-14-31-25)9-18(37-27)13-34-23(35)2-3-24(34)36/h7-9,14-15,17,19,32H,1-6,10-13H2/t15-,17+,19-/m0/s1. The Morgan fingerprint density at radius 2 is 1.97 bits per heavy atom. The molecular formula is C28H28ClN5O2S. The maximum atomic E-state index is 12.2. The van der Waals surface area contributed by atoms with Gasteiger partial charge in [0.2, 0.25) is 11.8 Å². The molecule has 4 fully saturated rings. The molecule has 0 radical (unpaired) electrons. The van der Waals surface area contributed by atoms with Gasteiger partial charge in [0.25, 0.3) is 0 Å². The molecule has 190 valence electrons. The number of imide groups is 1. The van der Waals surface area contributed by atoms with Gasteiger partial charge in [-0.25, -0.2) is 9.97 Å². The molecular weight excluding hydrogens is 506 g/mol. The lowest BCUT2D eigenvalue weighted by Gasteiger charge is -2.41. The van der Waals surface area contributed by atoms with Gasteiger partial charge in [0.1, 0.15) is 6.33 Å². The monoisotopic (exact) mass is 533 g/mol. The van der Waals surface area contributed by atoms with Crippen molar-refractivity contribution in [2.24, 2.45) is 5.92 Å². The minimum absolute atomic E-state index is 0.0956. The molecule has 3 atom stereocenters. The minimum Gasteiger partial charge on any atom is -0.366 e. The van der Waals surface area contributed by atoms with Crippen molar-refractivity contribution in [3.8, 4) is 11.3 Å². The van der Waals surface area contributed by atoms with Gasteiger partial charge in [0, 0.05) is 53.0 Å². The largest absolute Gasteiger partial charge is 0.366 e. The summed E-state index contributed by atoms with van der Waals surface area (Å²) in [6.45, 7) is 2.43. The highest BCUT2D eigenvalue weighted by Gasteiger charge is 2.51. The lowest BCUT2D eigenvalue weighted by atomic mass is 9.75. The summed E-state index contributed by atoms with van der Waals surface area (Å²) in [7, 11) is 0. The molecule has 2 aliphatic carbocycles. The van der Waals surface area contributed by atoms with Crippen LogP contribution in [0.5, 0.6) is 0 Å². The van der Waals surface area contributed by atoms with Gasteiger partial charge in [0.15, 0.2) is 0 Å². The molecule has 2 amide bonds. The van der Waals surface area contributed by atoms with Crippen molar-refractivity contribution in [3.05, 3.63) is 40.0 Å². The third-order valence-corrected chi connectivity index (χ3v) is 10.7. The Hall–Kier alpha value is -2.55. The normalized spacial score (nSPS) is 27.6. The highest BCUT2D eigenvalue weighted by molar-refractivity contribution is 7.19. The number of carbonyl (C=O) groups is 2. The smallest absolute Gasteiger partial charge is 0.230 e. The van der Waals surface area contributed by atoms with Crippen LogP contribution in [0.4, 0.5) is 5.69 Å². The molecule has 2 saturated heterocycles. The summed E-state index contributed by atoms with van der Waals surface area (Å²) >= 11 is 8.33. The number of hydrogen-bond donors (Lipinski definition) is 1. The molecule has 3 aliphatic heterocycles. The number of benzene rings is 1. The number of nitrogens with one attached hydrogen (secondary N) is 1. The van der Waals surface area contributed by atoms with E-state index in [9.17, 15) is 9.59 Å². The first-order valence-electron chi connectivity index (χ1n) is 13.4. The van der Waals surface area contributed by atoms with Crippen LogP contribution in [0.15, 0.2) is 24.5 Å². The fourth-order valence-corrected chi connectivity index (χ4v) is 8.50. The van der Waals surface area contributed by atoms with E-state index in [1.165, 1.54) is 48.3 Å². The number of rotatable bonds is 4. The number of halogens is 1. The molecule has 8 rings (SSSR count). The number of hydrogen-bond acceptors (Lipinski definition) is 7. The van der Waals surface area contributed by atoms with Crippen LogP contribution in [-0.4, -0.2) is 51.4 Å². The number of likely N-dealkylation sites (tertiary alicyclic amines) is 1. The maximum absolute atomic E-state index is 12.2. The molecule has 1 spiro atoms. The summed E-state index contributed by atoms with van der Waals surface area (Å²) in [6, 6.07) is 6.73. The molecule has 2 saturated carbocycles. The summed E-state index contributed by atoms with van der Waals surface area (Å²) in [4.78, 5) is 38.8. The lowest BCUT2D eigenvalue weighted by molar-refractivity contribution is -0.138. The average molecular weight is 534 g/mol. The van der Waals surface area contributed by atoms with Crippen molar-refractivity contribution < 1.29 is 9.59 Å². The summed E-state index contributed by atoms with van der Waals surface area (Å²) < 4.78 is 0.985. The Balaban J connectivity index is 1.23. The summed E-state index contributed by atoms with van der Waals surface area (Å²) in [5.41, 5.74) is 5.83. The second-order valence-corrected chi connectivity index (χ2v) is 13.1. The lowest BCUT2D eigenvalue weighted by Crippen LogP contribution is -2.46. The zero-order valence-corrected chi connectivity index (χ0v) is 22.1. The van der Waals surface area contributed by atoms with E-state index in [0.29, 0.717) is 42.8 Å². The van der Waals surface area contributed by atoms with Gasteiger partial charge < -0.3 is 10.2 Å². The van der Waals surface area contributed by atoms with E-state index in [4.69, 9.17) is 16.6 Å². The van der Waals surface area contributed by atoms with E-state index in [2.05, 4.69) is 27.3 Å². The number of amides is 2. The second-order valence-electron chi connectivity index (χ2n) is 11.5. The molecule has 2 aromatic heterocycles. The van der Waals surface area contributed by atoms with Crippen molar-refractivity contribution in [2.45, 2.75) is 69.0 Å². The van der Waals surface area contributed by atoms with Crippen molar-refractivity contribution in [1.82, 2.24) is 20.2 Å². The number of thiophene rings is 1. The first-order chi connectivity index (χ1) is 18.0. The Bertz CT molecular complexity index is 1470. The first-order valence-corrected chi connectivity index (χ1v) is 14.6. The van der Waals surface area contributed by atoms with Gasteiger partial charge in [-0.05, 0) is 67.7 Å². The third-order valence-electron chi connectivity index (χ3n) is 9.32. The van der Waals surface area contributed by atoms with Crippen LogP contribution in [0, 0.1) is 5.92 Å². The number of aromatic nitrogens is 2. The zero-order valence-electron chi connectivity index (χ0n) is 20.5. The number of fused-ring (bicyclic) bond motifs is 4. The molecule has 37 heavy (non-hydrogen) atoms. The molecule has 1 aromatic carbocycles. The zero-order chi connectivity index (χ0) is 24.9. The molecule has 3 aromatic rings. The number of anilines is 1. The van der Waals surface area contributed by atoms with Crippen molar-refractivity contribution in [3.63, 3.8) is 0 Å². The van der Waals surface area contributed by atoms with Crippen LogP contribution in [0.2, 0.25) is 5.02 Å². The average Bonchev–Trinajstić information content (AvgIpc) is 3.18. The molecule has 0 unspecified atom stereocenters. The Kier molecular flexibility index (Phi) is 4.84. The van der Waals surface area contributed by atoms with Gasteiger partial charge in [-0.3, -0.25) is 14.5 Å². The van der Waals surface area contributed by atoms with E-state index >= 15 is 0 Å². The Morgan fingerprint density at radius 1 is 1.14 bits per heavy atom. The van der Waals surface area contributed by atoms with Crippen LogP contribution < -0.4 is 10.2 Å². The van der Waals surface area contributed by atoms with E-state index in [1.54, 1.807) is 17.7 Å². The summed E-state index contributed by atoms with van der Waals surface area (Å²) in [5.74, 6) is 1.11. The SMILES string of the molecule is O=C1CCC(=O)N1Cc1cc2ncnc(-c3cc(Cl)cc4c3N([C@H]3CNC5(CCC5)C3)C[C@@H]3C[C@H]43)c2s1. The van der Waals surface area contributed by atoms with E-state index in [1.807, 2.05) is 6.07 Å². The van der Waals surface area contributed by atoms with Gasteiger partial charge in [-0.15, -0.1) is 11.3 Å². The van der Waals surface area contributed by atoms with Gasteiger partial charge in [-0.1, -0.05) is 11.6 Å². The fourth-order valence-electron chi connectivity index (χ4n) is 7.17. The predicted octanol–water partition coefficient (Wildman–Crippen LogP) is 4.87. The minimum atomic E-state index is -0.0956. The van der Waals surface area contributed by atoms with Gasteiger partial charge in [0.05, 0.1) is 28.1 Å². The van der Waals surface area contributed by atoms with Gasteiger partial charge in [-0.2, -0.15) is 0 Å². The summed E-state index contributed by atoms with van der Waals surface area (Å²) in [5, 5.41) is 4.62. The van der Waals surface area contributed by atoms with Crippen molar-refractivity contribution in [2.75, 3.05) is 18.0 Å². The van der Waals surface area contributed by atoms with Crippen LogP contribution in [-0.2, 0) is 16.1 Å². The highest BCUT2D eigenvalue weighted by atomic mass is 35.5. The van der Waals surface area contributed by atoms with Gasteiger partial charge >= 0.3 is 0 Å². The van der Waals surface area contributed by atoms with Crippen LogP contribution in [0.1, 0.15) is 61.3 Å². The molecule has 0 bridgehead atoms. The molecule has 1 N–H and O–H groups in total. The highest BCUT2D eigenvalue weighted by Crippen LogP contribution is 2.59. The van der Waals surface area contributed by atoms with Crippen LogP contribution in [0.3, 0.4) is 0 Å². The van der Waals surface area contributed by atoms with E-state index < -0.39 is 0 Å². The van der Waals surface area contributed by atoms with Crippen molar-refractivity contribution in [1.29, 1.82) is 0 Å². The number of nitrogens with zero attached hydrogens (tertiary/aromatic N) is 4. The maximum Gasteiger partial charge on any atom is 0.230 e. The fraction of sp³-hybridized carbons (Fsp3) is 0.500. The Labute approximate surface area is 224 Å². The van der Waals surface area contributed by atoms with Crippen molar-refractivity contribution >= 4 is 50.7 Å².